The zero-order chi connectivity index (χ0) is 13.3. The highest BCUT2D eigenvalue weighted by atomic mass is 15.2. The lowest BCUT2D eigenvalue weighted by Crippen LogP contribution is -2.41. The molecule has 2 fully saturated rings. The van der Waals surface area contributed by atoms with Crippen LogP contribution in [0.2, 0.25) is 0 Å². The molecule has 19 heavy (non-hydrogen) atoms. The maximum atomic E-state index is 2.75. The molecule has 0 aliphatic carbocycles. The third-order valence-corrected chi connectivity index (χ3v) is 4.69. The standard InChI is InChI=1S/C18H31N/c1-2-3-4-5-6-7-8-9-12-17-13-10-14-18-15-11-16-19(17)18/h7-9,12,17-18H,2-6,10-11,13-16H2,1H3/t17?,18-/m1/s1. The van der Waals surface area contributed by atoms with Gasteiger partial charge in [-0.3, -0.25) is 4.90 Å². The first-order valence-electron chi connectivity index (χ1n) is 8.51. The number of piperidine rings is 1. The molecule has 2 aliphatic rings. The van der Waals surface area contributed by atoms with Gasteiger partial charge in [0.05, 0.1) is 0 Å². The van der Waals surface area contributed by atoms with Crippen LogP contribution in [0.4, 0.5) is 0 Å². The Morgan fingerprint density at radius 2 is 1.89 bits per heavy atom. The van der Waals surface area contributed by atoms with Gasteiger partial charge in [0.25, 0.3) is 0 Å². The van der Waals surface area contributed by atoms with E-state index in [-0.39, 0.29) is 0 Å². The fourth-order valence-electron chi connectivity index (χ4n) is 3.60. The van der Waals surface area contributed by atoms with Crippen molar-refractivity contribution in [2.45, 2.75) is 83.2 Å². The Labute approximate surface area is 119 Å². The molecule has 2 saturated heterocycles. The van der Waals surface area contributed by atoms with Gasteiger partial charge in [0.2, 0.25) is 0 Å². The van der Waals surface area contributed by atoms with Gasteiger partial charge < -0.3 is 0 Å². The molecule has 0 aromatic carbocycles. The molecular weight excluding hydrogens is 230 g/mol. The largest absolute Gasteiger partial charge is 0.294 e. The molecule has 0 aromatic heterocycles. The van der Waals surface area contributed by atoms with E-state index in [0.717, 1.165) is 12.1 Å². The van der Waals surface area contributed by atoms with Gasteiger partial charge in [0, 0.05) is 12.1 Å². The third kappa shape index (κ3) is 4.80. The second-order valence-corrected chi connectivity index (χ2v) is 6.19. The van der Waals surface area contributed by atoms with Crippen molar-refractivity contribution in [3.05, 3.63) is 24.3 Å². The molecule has 1 nitrogen and oxygen atoms in total. The highest BCUT2D eigenvalue weighted by Gasteiger charge is 2.32. The Bertz CT molecular complexity index is 292. The van der Waals surface area contributed by atoms with E-state index in [1.165, 1.54) is 70.8 Å². The van der Waals surface area contributed by atoms with Crippen molar-refractivity contribution >= 4 is 0 Å². The van der Waals surface area contributed by atoms with Gasteiger partial charge in [0.15, 0.2) is 0 Å². The van der Waals surface area contributed by atoms with E-state index in [9.17, 15) is 0 Å². The van der Waals surface area contributed by atoms with Crippen LogP contribution in [-0.2, 0) is 0 Å². The van der Waals surface area contributed by atoms with Crippen molar-refractivity contribution in [3.8, 4) is 0 Å². The van der Waals surface area contributed by atoms with Crippen LogP contribution < -0.4 is 0 Å². The van der Waals surface area contributed by atoms with Crippen LogP contribution in [0.1, 0.15) is 71.1 Å². The average molecular weight is 261 g/mol. The van der Waals surface area contributed by atoms with Gasteiger partial charge in [0.1, 0.15) is 0 Å². The number of unbranched alkanes of at least 4 members (excludes halogenated alkanes) is 4. The molecule has 1 unspecified atom stereocenters. The van der Waals surface area contributed by atoms with Crippen molar-refractivity contribution in [2.24, 2.45) is 0 Å². The van der Waals surface area contributed by atoms with Crippen LogP contribution >= 0.6 is 0 Å². The molecule has 0 aromatic rings. The Morgan fingerprint density at radius 1 is 1.00 bits per heavy atom. The van der Waals surface area contributed by atoms with E-state index < -0.39 is 0 Å². The summed E-state index contributed by atoms with van der Waals surface area (Å²) < 4.78 is 0. The second kappa shape index (κ2) is 8.58. The summed E-state index contributed by atoms with van der Waals surface area (Å²) >= 11 is 0. The Balaban J connectivity index is 1.65. The summed E-state index contributed by atoms with van der Waals surface area (Å²) in [5.74, 6) is 0. The molecule has 108 valence electrons. The maximum absolute atomic E-state index is 2.75. The number of hydrogen-bond acceptors (Lipinski definition) is 1. The summed E-state index contributed by atoms with van der Waals surface area (Å²) in [6, 6.07) is 1.63. The minimum atomic E-state index is 0.728. The van der Waals surface area contributed by atoms with Crippen LogP contribution in [-0.4, -0.2) is 23.5 Å². The van der Waals surface area contributed by atoms with E-state index in [4.69, 9.17) is 0 Å². The molecular formula is C18H31N. The normalized spacial score (nSPS) is 28.5. The molecule has 1 heteroatoms. The summed E-state index contributed by atoms with van der Waals surface area (Å²) in [7, 11) is 0. The molecule has 2 atom stereocenters. The first kappa shape index (κ1) is 14.8. The van der Waals surface area contributed by atoms with E-state index in [1.54, 1.807) is 0 Å². The summed E-state index contributed by atoms with van der Waals surface area (Å²) in [5, 5.41) is 0. The Kier molecular flexibility index (Phi) is 6.70. The van der Waals surface area contributed by atoms with Gasteiger partial charge >= 0.3 is 0 Å². The van der Waals surface area contributed by atoms with Gasteiger partial charge in [-0.25, -0.2) is 0 Å². The monoisotopic (exact) mass is 261 g/mol. The molecule has 0 saturated carbocycles. The third-order valence-electron chi connectivity index (χ3n) is 4.69. The molecule has 2 aliphatic heterocycles. The number of allylic oxidation sites excluding steroid dienone is 3. The van der Waals surface area contributed by atoms with E-state index in [0.29, 0.717) is 0 Å². The van der Waals surface area contributed by atoms with Crippen LogP contribution in [0.25, 0.3) is 0 Å². The van der Waals surface area contributed by atoms with Gasteiger partial charge in [-0.2, -0.15) is 0 Å². The quantitative estimate of drug-likeness (QED) is 0.456. The predicted octanol–water partition coefficient (Wildman–Crippen LogP) is 5.09. The molecule has 2 rings (SSSR count). The number of rotatable bonds is 7. The molecule has 0 radical (unpaired) electrons. The van der Waals surface area contributed by atoms with Crippen LogP contribution in [0, 0.1) is 0 Å². The lowest BCUT2D eigenvalue weighted by atomic mass is 9.96. The summed E-state index contributed by atoms with van der Waals surface area (Å²) in [5.41, 5.74) is 0. The minimum Gasteiger partial charge on any atom is -0.294 e. The number of hydrogen-bond donors (Lipinski definition) is 0. The smallest absolute Gasteiger partial charge is 0.0284 e. The summed E-state index contributed by atoms with van der Waals surface area (Å²) in [6.07, 6.45) is 23.2. The van der Waals surface area contributed by atoms with Gasteiger partial charge in [-0.1, -0.05) is 56.9 Å². The lowest BCUT2D eigenvalue weighted by molar-refractivity contribution is 0.153. The molecule has 0 amide bonds. The van der Waals surface area contributed by atoms with Crippen molar-refractivity contribution in [1.82, 2.24) is 4.90 Å². The Morgan fingerprint density at radius 3 is 2.79 bits per heavy atom. The highest BCUT2D eigenvalue weighted by molar-refractivity contribution is 5.08. The highest BCUT2D eigenvalue weighted by Crippen LogP contribution is 2.31. The predicted molar refractivity (Wildman–Crippen MR) is 84.4 cm³/mol. The van der Waals surface area contributed by atoms with Crippen LogP contribution in [0.3, 0.4) is 0 Å². The SMILES string of the molecule is CCCCCCC=CC=CC1CCC[C@@H]2CCCN12. The summed E-state index contributed by atoms with van der Waals surface area (Å²) in [4.78, 5) is 2.75. The number of nitrogens with zero attached hydrogens (tertiary/aromatic N) is 1. The topological polar surface area (TPSA) is 3.24 Å². The zero-order valence-electron chi connectivity index (χ0n) is 12.7. The first-order chi connectivity index (χ1) is 9.42. The summed E-state index contributed by atoms with van der Waals surface area (Å²) in [6.45, 7) is 3.61. The molecule has 0 bridgehead atoms. The first-order valence-corrected chi connectivity index (χ1v) is 8.51. The van der Waals surface area contributed by atoms with Gasteiger partial charge in [-0.15, -0.1) is 0 Å². The molecule has 0 N–H and O–H groups in total. The zero-order valence-corrected chi connectivity index (χ0v) is 12.7. The van der Waals surface area contributed by atoms with Gasteiger partial charge in [-0.05, 0) is 45.1 Å². The molecule has 2 heterocycles. The lowest BCUT2D eigenvalue weighted by Gasteiger charge is -2.36. The van der Waals surface area contributed by atoms with Crippen LogP contribution in [0.15, 0.2) is 24.3 Å². The fraction of sp³-hybridized carbons (Fsp3) is 0.778. The van der Waals surface area contributed by atoms with Crippen molar-refractivity contribution < 1.29 is 0 Å². The van der Waals surface area contributed by atoms with E-state index in [1.807, 2.05) is 0 Å². The Hall–Kier alpha value is -0.560. The maximum Gasteiger partial charge on any atom is 0.0284 e. The molecule has 0 spiro atoms. The fourth-order valence-corrected chi connectivity index (χ4v) is 3.60. The van der Waals surface area contributed by atoms with Crippen molar-refractivity contribution in [2.75, 3.05) is 6.54 Å². The van der Waals surface area contributed by atoms with E-state index in [2.05, 4.69) is 36.1 Å². The second-order valence-electron chi connectivity index (χ2n) is 6.19. The van der Waals surface area contributed by atoms with Crippen molar-refractivity contribution in [1.29, 1.82) is 0 Å². The number of fused-ring (bicyclic) bond motifs is 1. The van der Waals surface area contributed by atoms with Crippen molar-refractivity contribution in [3.63, 3.8) is 0 Å². The van der Waals surface area contributed by atoms with Crippen LogP contribution in [0.5, 0.6) is 0 Å². The minimum absolute atomic E-state index is 0.728. The van der Waals surface area contributed by atoms with E-state index >= 15 is 0 Å². The average Bonchev–Trinajstić information content (AvgIpc) is 2.91.